The van der Waals surface area contributed by atoms with Crippen LogP contribution in [0.5, 0.6) is 11.5 Å². The van der Waals surface area contributed by atoms with E-state index in [4.69, 9.17) is 13.9 Å². The monoisotopic (exact) mass is 617 g/mol. The Morgan fingerprint density at radius 1 is 0.891 bits per heavy atom. The lowest BCUT2D eigenvalue weighted by Crippen LogP contribution is -2.46. The van der Waals surface area contributed by atoms with E-state index in [1.54, 1.807) is 12.4 Å². The summed E-state index contributed by atoms with van der Waals surface area (Å²) in [6, 6.07) is 23.9. The number of hydrogen-bond donors (Lipinski definition) is 2. The van der Waals surface area contributed by atoms with Gasteiger partial charge in [0, 0.05) is 66.9 Å². The first-order valence-electron chi connectivity index (χ1n) is 15.9. The highest BCUT2D eigenvalue weighted by molar-refractivity contribution is 6.11. The summed E-state index contributed by atoms with van der Waals surface area (Å²) in [6.07, 6.45) is 2.35. The lowest BCUT2D eigenvalue weighted by Gasteiger charge is -2.39. The molecule has 1 fully saturated rings. The summed E-state index contributed by atoms with van der Waals surface area (Å²) in [7, 11) is 2.13. The molecule has 8 nitrogen and oxygen atoms in total. The van der Waals surface area contributed by atoms with Gasteiger partial charge in [-0.3, -0.25) is 9.88 Å². The fourth-order valence-electron chi connectivity index (χ4n) is 6.86. The number of fused-ring (bicyclic) bond motifs is 4. The van der Waals surface area contributed by atoms with Gasteiger partial charge in [0.05, 0.1) is 11.6 Å². The van der Waals surface area contributed by atoms with E-state index >= 15 is 0 Å². The Labute approximate surface area is 268 Å². The van der Waals surface area contributed by atoms with Crippen LogP contribution >= 0.6 is 0 Å². The zero-order valence-corrected chi connectivity index (χ0v) is 26.4. The Bertz CT molecular complexity index is 1990. The fraction of sp³-hybridized carbons (Fsp3) is 0.289. The van der Waals surface area contributed by atoms with Crippen LogP contribution in [0.3, 0.4) is 0 Å². The van der Waals surface area contributed by atoms with Crippen molar-refractivity contribution in [3.63, 3.8) is 0 Å². The molecule has 0 radical (unpaired) electrons. The van der Waals surface area contributed by atoms with E-state index in [9.17, 15) is 10.2 Å². The van der Waals surface area contributed by atoms with Crippen LogP contribution in [0.1, 0.15) is 47.3 Å². The number of pyridine rings is 1. The van der Waals surface area contributed by atoms with Gasteiger partial charge in [0.15, 0.2) is 6.29 Å². The number of likely N-dealkylation sites (N-methyl/N-ethyl adjacent to an activating group) is 1. The normalized spacial score (nSPS) is 15.9. The van der Waals surface area contributed by atoms with Crippen LogP contribution < -0.4 is 4.74 Å². The molecule has 4 aromatic carbocycles. The number of aromatic hydroxyl groups is 1. The van der Waals surface area contributed by atoms with Gasteiger partial charge in [-0.05, 0) is 73.1 Å². The number of phenols is 1. The molecule has 6 aromatic rings. The summed E-state index contributed by atoms with van der Waals surface area (Å²) in [5, 5.41) is 28.0. The van der Waals surface area contributed by atoms with Gasteiger partial charge in [-0.2, -0.15) is 0 Å². The maximum Gasteiger partial charge on any atom is 0.185 e. The highest BCUT2D eigenvalue weighted by Gasteiger charge is 2.34. The first kappa shape index (κ1) is 30.2. The van der Waals surface area contributed by atoms with Gasteiger partial charge in [-0.25, -0.2) is 0 Å². The molecule has 7 rings (SSSR count). The average molecular weight is 618 g/mol. The van der Waals surface area contributed by atoms with Crippen LogP contribution in [0.25, 0.3) is 32.5 Å². The summed E-state index contributed by atoms with van der Waals surface area (Å²) in [5.74, 6) is 1.32. The summed E-state index contributed by atoms with van der Waals surface area (Å²) < 4.78 is 18.5. The summed E-state index contributed by atoms with van der Waals surface area (Å²) >= 11 is 0. The maximum absolute atomic E-state index is 12.4. The van der Waals surface area contributed by atoms with E-state index in [0.717, 1.165) is 53.5 Å². The number of rotatable bonds is 9. The number of piperazine rings is 1. The lowest BCUT2D eigenvalue weighted by molar-refractivity contribution is -0.0978. The minimum atomic E-state index is -1.21. The number of nitrogens with zero attached hydrogens (tertiary/aromatic N) is 3. The molecular formula is C38H39N3O5. The van der Waals surface area contributed by atoms with Gasteiger partial charge >= 0.3 is 0 Å². The molecule has 1 saturated heterocycles. The zero-order chi connectivity index (χ0) is 31.8. The van der Waals surface area contributed by atoms with Gasteiger partial charge in [0.2, 0.25) is 0 Å². The molecule has 0 aliphatic carbocycles. The third-order valence-corrected chi connectivity index (χ3v) is 9.19. The Hall–Kier alpha value is -4.47. The standard InChI is InChI=1S/C38H39N3O5/c1-4-44-38(43)32-24(2)46-37-30-13-12-28(45-23-27-10-7-9-25-8-5-6-11-29(25)27)22-31(30)36(42)34(33(32)37)35(26-14-16-39-17-15-26)41-20-18-40(3)19-21-41/h5-17,22,35,38,42-43H,4,18-21,23H2,1-3H3. The van der Waals surface area contributed by atoms with Crippen molar-refractivity contribution >= 4 is 32.5 Å². The first-order valence-corrected chi connectivity index (χ1v) is 15.9. The lowest BCUT2D eigenvalue weighted by atomic mass is 9.88. The van der Waals surface area contributed by atoms with E-state index in [0.29, 0.717) is 52.2 Å². The predicted molar refractivity (Wildman–Crippen MR) is 180 cm³/mol. The second-order valence-corrected chi connectivity index (χ2v) is 12.0. The molecule has 0 bridgehead atoms. The molecule has 1 aliphatic heterocycles. The van der Waals surface area contributed by atoms with E-state index in [1.807, 2.05) is 62.4 Å². The van der Waals surface area contributed by atoms with Crippen molar-refractivity contribution in [2.24, 2.45) is 0 Å². The number of aromatic nitrogens is 1. The minimum absolute atomic E-state index is 0.129. The molecule has 8 heteroatoms. The van der Waals surface area contributed by atoms with Crippen molar-refractivity contribution in [3.8, 4) is 11.5 Å². The fourth-order valence-corrected chi connectivity index (χ4v) is 6.86. The van der Waals surface area contributed by atoms with Gasteiger partial charge in [0.1, 0.15) is 29.4 Å². The number of hydrogen-bond acceptors (Lipinski definition) is 8. The molecule has 2 unspecified atom stereocenters. The van der Waals surface area contributed by atoms with Crippen LogP contribution in [0, 0.1) is 6.92 Å². The molecule has 2 aromatic heterocycles. The van der Waals surface area contributed by atoms with Crippen LogP contribution in [-0.2, 0) is 11.3 Å². The van der Waals surface area contributed by atoms with Crippen LogP contribution in [-0.4, -0.2) is 64.8 Å². The van der Waals surface area contributed by atoms with Crippen LogP contribution in [0.4, 0.5) is 0 Å². The Balaban J connectivity index is 1.41. The van der Waals surface area contributed by atoms with Crippen LogP contribution in [0.15, 0.2) is 89.6 Å². The van der Waals surface area contributed by atoms with Crippen molar-refractivity contribution in [1.82, 2.24) is 14.8 Å². The SMILES string of the molecule is CCOC(O)c1c(C)oc2c1c(C(c1ccncc1)N1CCN(C)CC1)c(O)c1cc(OCc3cccc4ccccc34)ccc12. The number of furan rings is 1. The van der Waals surface area contributed by atoms with Gasteiger partial charge in [0.25, 0.3) is 0 Å². The number of aliphatic hydroxyl groups is 1. The summed E-state index contributed by atoms with van der Waals surface area (Å²) in [6.45, 7) is 7.78. The summed E-state index contributed by atoms with van der Waals surface area (Å²) in [5.41, 5.74) is 3.89. The van der Waals surface area contributed by atoms with Gasteiger partial charge in [-0.1, -0.05) is 42.5 Å². The highest BCUT2D eigenvalue weighted by atomic mass is 16.6. The third-order valence-electron chi connectivity index (χ3n) is 9.19. The quantitative estimate of drug-likeness (QED) is 0.166. The molecule has 236 valence electrons. The second kappa shape index (κ2) is 12.7. The summed E-state index contributed by atoms with van der Waals surface area (Å²) in [4.78, 5) is 8.97. The average Bonchev–Trinajstić information content (AvgIpc) is 3.43. The van der Waals surface area contributed by atoms with Crippen molar-refractivity contribution in [2.45, 2.75) is 32.8 Å². The molecule has 2 atom stereocenters. The Morgan fingerprint density at radius 3 is 2.43 bits per heavy atom. The smallest absolute Gasteiger partial charge is 0.185 e. The van der Waals surface area contributed by atoms with Crippen molar-refractivity contribution in [2.75, 3.05) is 39.8 Å². The topological polar surface area (TPSA) is 91.4 Å². The third kappa shape index (κ3) is 5.48. The Morgan fingerprint density at radius 2 is 1.65 bits per heavy atom. The van der Waals surface area contributed by atoms with Gasteiger partial charge in [-0.15, -0.1) is 0 Å². The predicted octanol–water partition coefficient (Wildman–Crippen LogP) is 7.09. The molecule has 2 N–H and O–H groups in total. The van der Waals surface area contributed by atoms with Crippen molar-refractivity contribution < 1.29 is 24.1 Å². The van der Waals surface area contributed by atoms with Crippen LogP contribution in [0.2, 0.25) is 0 Å². The zero-order valence-electron chi connectivity index (χ0n) is 26.4. The second-order valence-electron chi connectivity index (χ2n) is 12.0. The van der Waals surface area contributed by atoms with E-state index in [2.05, 4.69) is 46.1 Å². The highest BCUT2D eigenvalue weighted by Crippen LogP contribution is 2.49. The molecule has 1 aliphatic rings. The number of aryl methyl sites for hydroxylation is 1. The van der Waals surface area contributed by atoms with Crippen molar-refractivity contribution in [1.29, 1.82) is 0 Å². The largest absolute Gasteiger partial charge is 0.507 e. The number of benzene rings is 4. The van der Waals surface area contributed by atoms with E-state index in [1.165, 1.54) is 0 Å². The number of aliphatic hydroxyl groups excluding tert-OH is 1. The van der Waals surface area contributed by atoms with Gasteiger partial charge < -0.3 is 29.0 Å². The number of ether oxygens (including phenoxy) is 2. The molecule has 0 saturated carbocycles. The molecule has 0 amide bonds. The Kier molecular flexibility index (Phi) is 8.36. The van der Waals surface area contributed by atoms with Crippen molar-refractivity contribution in [3.05, 3.63) is 113 Å². The minimum Gasteiger partial charge on any atom is -0.507 e. The first-order chi connectivity index (χ1) is 22.4. The van der Waals surface area contributed by atoms with E-state index < -0.39 is 6.29 Å². The molecule has 3 heterocycles. The molecular weight excluding hydrogens is 578 g/mol. The van der Waals surface area contributed by atoms with E-state index in [-0.39, 0.29) is 11.8 Å². The number of phenolic OH excluding ortho intramolecular Hbond substituents is 1. The molecule has 0 spiro atoms. The maximum atomic E-state index is 12.4. The molecule has 46 heavy (non-hydrogen) atoms.